The van der Waals surface area contributed by atoms with Crippen LogP contribution in [0, 0.1) is 5.92 Å². The zero-order valence-corrected chi connectivity index (χ0v) is 16.1. The van der Waals surface area contributed by atoms with E-state index in [2.05, 4.69) is 63.6 Å². The van der Waals surface area contributed by atoms with Crippen molar-refractivity contribution in [3.8, 4) is 0 Å². The minimum absolute atomic E-state index is 0. The SMILES string of the molecule is CCNC(=NCC1CC1)NCCCn1ccc2ccccc21.I. The average Bonchev–Trinajstić information content (AvgIpc) is 3.28. The molecule has 1 heterocycles. The molecule has 0 aliphatic heterocycles. The van der Waals surface area contributed by atoms with Gasteiger partial charge in [0.05, 0.1) is 0 Å². The van der Waals surface area contributed by atoms with Gasteiger partial charge in [0.25, 0.3) is 0 Å². The Labute approximate surface area is 155 Å². The van der Waals surface area contributed by atoms with Crippen LogP contribution in [0.25, 0.3) is 10.9 Å². The molecule has 1 fully saturated rings. The third kappa shape index (κ3) is 5.41. The summed E-state index contributed by atoms with van der Waals surface area (Å²) in [6.07, 6.45) is 5.97. The molecule has 2 N–H and O–H groups in total. The number of benzene rings is 1. The molecule has 0 atom stereocenters. The van der Waals surface area contributed by atoms with E-state index in [1.54, 1.807) is 0 Å². The molecule has 0 saturated heterocycles. The summed E-state index contributed by atoms with van der Waals surface area (Å²) in [4.78, 5) is 4.65. The summed E-state index contributed by atoms with van der Waals surface area (Å²) in [7, 11) is 0. The Balaban J connectivity index is 0.00000192. The lowest BCUT2D eigenvalue weighted by molar-refractivity contribution is 0.640. The molecule has 1 saturated carbocycles. The molecular formula is C18H27IN4. The van der Waals surface area contributed by atoms with E-state index in [1.807, 2.05) is 0 Å². The van der Waals surface area contributed by atoms with Crippen molar-refractivity contribution in [2.45, 2.75) is 32.7 Å². The number of halogens is 1. The van der Waals surface area contributed by atoms with Crippen LogP contribution in [-0.2, 0) is 6.54 Å². The van der Waals surface area contributed by atoms with E-state index in [1.165, 1.54) is 23.7 Å². The Bertz CT molecular complexity index is 631. The van der Waals surface area contributed by atoms with Crippen LogP contribution in [0.4, 0.5) is 0 Å². The predicted octanol–water partition coefficient (Wildman–Crippen LogP) is 3.61. The van der Waals surface area contributed by atoms with Crippen LogP contribution in [0.3, 0.4) is 0 Å². The first-order valence-electron chi connectivity index (χ1n) is 8.43. The molecular weight excluding hydrogens is 399 g/mol. The van der Waals surface area contributed by atoms with Gasteiger partial charge in [-0.3, -0.25) is 4.99 Å². The van der Waals surface area contributed by atoms with Crippen molar-refractivity contribution in [2.24, 2.45) is 10.9 Å². The quantitative estimate of drug-likeness (QED) is 0.308. The number of fused-ring (bicyclic) bond motifs is 1. The van der Waals surface area contributed by atoms with Crippen molar-refractivity contribution in [1.29, 1.82) is 0 Å². The maximum Gasteiger partial charge on any atom is 0.191 e. The first-order chi connectivity index (χ1) is 10.9. The molecule has 0 spiro atoms. The Morgan fingerprint density at radius 3 is 2.83 bits per heavy atom. The lowest BCUT2D eigenvalue weighted by Gasteiger charge is -2.11. The number of para-hydroxylation sites is 1. The van der Waals surface area contributed by atoms with E-state index >= 15 is 0 Å². The average molecular weight is 426 g/mol. The molecule has 1 aliphatic carbocycles. The molecule has 0 radical (unpaired) electrons. The zero-order chi connectivity index (χ0) is 15.2. The summed E-state index contributed by atoms with van der Waals surface area (Å²) in [5.41, 5.74) is 1.32. The van der Waals surface area contributed by atoms with Gasteiger partial charge in [0.15, 0.2) is 5.96 Å². The van der Waals surface area contributed by atoms with E-state index in [-0.39, 0.29) is 24.0 Å². The number of guanidine groups is 1. The number of aryl methyl sites for hydroxylation is 1. The van der Waals surface area contributed by atoms with Gasteiger partial charge in [-0.1, -0.05) is 18.2 Å². The Hall–Kier alpha value is -1.24. The number of aromatic nitrogens is 1. The van der Waals surface area contributed by atoms with Gasteiger partial charge in [-0.15, -0.1) is 24.0 Å². The Kier molecular flexibility index (Phi) is 7.20. The first-order valence-corrected chi connectivity index (χ1v) is 8.43. The second-order valence-electron chi connectivity index (χ2n) is 6.01. The van der Waals surface area contributed by atoms with Gasteiger partial charge in [-0.25, -0.2) is 0 Å². The number of nitrogens with zero attached hydrogens (tertiary/aromatic N) is 2. The fraction of sp³-hybridized carbons (Fsp3) is 0.500. The number of hydrogen-bond donors (Lipinski definition) is 2. The molecule has 4 nitrogen and oxygen atoms in total. The van der Waals surface area contributed by atoms with Crippen LogP contribution < -0.4 is 10.6 Å². The fourth-order valence-electron chi connectivity index (χ4n) is 2.65. The van der Waals surface area contributed by atoms with Crippen molar-refractivity contribution in [1.82, 2.24) is 15.2 Å². The van der Waals surface area contributed by atoms with Crippen molar-refractivity contribution in [2.75, 3.05) is 19.6 Å². The minimum Gasteiger partial charge on any atom is -0.357 e. The number of nitrogens with one attached hydrogen (secondary N) is 2. The predicted molar refractivity (Wildman–Crippen MR) is 109 cm³/mol. The number of hydrogen-bond acceptors (Lipinski definition) is 1. The van der Waals surface area contributed by atoms with Crippen LogP contribution in [-0.4, -0.2) is 30.2 Å². The Morgan fingerprint density at radius 1 is 1.22 bits per heavy atom. The summed E-state index contributed by atoms with van der Waals surface area (Å²) >= 11 is 0. The molecule has 0 bridgehead atoms. The topological polar surface area (TPSA) is 41.4 Å². The first kappa shape index (κ1) is 18.1. The second kappa shape index (κ2) is 9.15. The van der Waals surface area contributed by atoms with Gasteiger partial charge >= 0.3 is 0 Å². The summed E-state index contributed by atoms with van der Waals surface area (Å²) in [6, 6.07) is 10.7. The maximum atomic E-state index is 4.65. The largest absolute Gasteiger partial charge is 0.357 e. The summed E-state index contributed by atoms with van der Waals surface area (Å²) in [5.74, 6) is 1.80. The molecule has 3 rings (SSSR count). The van der Waals surface area contributed by atoms with Crippen LogP contribution in [0.1, 0.15) is 26.2 Å². The second-order valence-corrected chi connectivity index (χ2v) is 6.01. The third-order valence-corrected chi connectivity index (χ3v) is 4.10. The van der Waals surface area contributed by atoms with E-state index < -0.39 is 0 Å². The normalized spacial score (nSPS) is 14.6. The highest BCUT2D eigenvalue weighted by atomic mass is 127. The van der Waals surface area contributed by atoms with E-state index in [4.69, 9.17) is 0 Å². The summed E-state index contributed by atoms with van der Waals surface area (Å²) in [5, 5.41) is 8.08. The van der Waals surface area contributed by atoms with Crippen LogP contribution >= 0.6 is 24.0 Å². The van der Waals surface area contributed by atoms with Crippen LogP contribution in [0.15, 0.2) is 41.5 Å². The van der Waals surface area contributed by atoms with E-state index in [9.17, 15) is 0 Å². The minimum atomic E-state index is 0. The van der Waals surface area contributed by atoms with Gasteiger partial charge < -0.3 is 15.2 Å². The molecule has 1 aliphatic rings. The molecule has 2 aromatic rings. The summed E-state index contributed by atoms with van der Waals surface area (Å²) < 4.78 is 2.32. The van der Waals surface area contributed by atoms with Gasteiger partial charge in [-0.05, 0) is 49.6 Å². The van der Waals surface area contributed by atoms with Crippen molar-refractivity contribution in [3.05, 3.63) is 36.5 Å². The van der Waals surface area contributed by atoms with Crippen molar-refractivity contribution < 1.29 is 0 Å². The lowest BCUT2D eigenvalue weighted by Crippen LogP contribution is -2.38. The summed E-state index contributed by atoms with van der Waals surface area (Å²) in [6.45, 7) is 5.97. The molecule has 1 aromatic carbocycles. The van der Waals surface area contributed by atoms with Crippen molar-refractivity contribution >= 4 is 40.8 Å². The van der Waals surface area contributed by atoms with Gasteiger partial charge in [0.1, 0.15) is 0 Å². The van der Waals surface area contributed by atoms with Gasteiger partial charge in [0.2, 0.25) is 0 Å². The van der Waals surface area contributed by atoms with E-state index in [0.29, 0.717) is 0 Å². The van der Waals surface area contributed by atoms with Crippen LogP contribution in [0.2, 0.25) is 0 Å². The van der Waals surface area contributed by atoms with Crippen LogP contribution in [0.5, 0.6) is 0 Å². The monoisotopic (exact) mass is 426 g/mol. The highest BCUT2D eigenvalue weighted by molar-refractivity contribution is 14.0. The molecule has 23 heavy (non-hydrogen) atoms. The molecule has 5 heteroatoms. The van der Waals surface area contributed by atoms with Gasteiger partial charge in [-0.2, -0.15) is 0 Å². The molecule has 0 amide bonds. The van der Waals surface area contributed by atoms with E-state index in [0.717, 1.165) is 44.5 Å². The molecule has 1 aromatic heterocycles. The molecule has 126 valence electrons. The number of rotatable bonds is 7. The lowest BCUT2D eigenvalue weighted by atomic mass is 10.2. The zero-order valence-electron chi connectivity index (χ0n) is 13.8. The smallest absolute Gasteiger partial charge is 0.191 e. The van der Waals surface area contributed by atoms with Gasteiger partial charge in [0, 0.05) is 37.9 Å². The highest BCUT2D eigenvalue weighted by Crippen LogP contribution is 2.28. The highest BCUT2D eigenvalue weighted by Gasteiger charge is 2.20. The fourth-order valence-corrected chi connectivity index (χ4v) is 2.65. The third-order valence-electron chi connectivity index (χ3n) is 4.10. The molecule has 0 unspecified atom stereocenters. The standard InChI is InChI=1S/C18H26N4.HI/c1-2-19-18(21-14-15-8-9-15)20-11-5-12-22-13-10-16-6-3-4-7-17(16)22;/h3-4,6-7,10,13,15H,2,5,8-9,11-12,14H2,1H3,(H2,19,20,21);1H. The Morgan fingerprint density at radius 2 is 2.04 bits per heavy atom. The van der Waals surface area contributed by atoms with Crippen molar-refractivity contribution in [3.63, 3.8) is 0 Å². The maximum absolute atomic E-state index is 4.65. The number of aliphatic imine (C=N–C) groups is 1.